The monoisotopic (exact) mass is 246 g/mol. The zero-order valence-electron chi connectivity index (χ0n) is 7.90. The van der Waals surface area contributed by atoms with Gasteiger partial charge in [0.05, 0.1) is 0 Å². The van der Waals surface area contributed by atoms with Crippen molar-refractivity contribution in [3.63, 3.8) is 0 Å². The molecule has 1 saturated carbocycles. The van der Waals surface area contributed by atoms with Crippen LogP contribution in [-0.2, 0) is 4.79 Å². The molecule has 1 aliphatic heterocycles. The normalized spacial score (nSPS) is 25.2. The van der Waals surface area contributed by atoms with Crippen LogP contribution in [0.4, 0.5) is 5.13 Å². The highest BCUT2D eigenvalue weighted by atomic mass is 35.5. The van der Waals surface area contributed by atoms with Crippen LogP contribution in [0, 0.1) is 11.3 Å². The molecule has 1 atom stereocenters. The number of halogens is 1. The van der Waals surface area contributed by atoms with E-state index >= 15 is 0 Å². The largest absolute Gasteiger partial charge is 0.315 e. The second-order valence-corrected chi connectivity index (χ2v) is 4.79. The maximum Gasteiger partial charge on any atom is 0.229 e. The predicted molar refractivity (Wildman–Crippen MR) is 59.2 cm³/mol. The number of carbonyl (C=O) groups excluding carboxylic acids is 1. The highest BCUT2D eigenvalue weighted by molar-refractivity contribution is 7.13. The van der Waals surface area contributed by atoms with Gasteiger partial charge in [-0.25, -0.2) is 0 Å². The number of hydrogen-bond donors (Lipinski definition) is 2. The van der Waals surface area contributed by atoms with Gasteiger partial charge < -0.3 is 10.6 Å². The summed E-state index contributed by atoms with van der Waals surface area (Å²) < 4.78 is 0. The quantitative estimate of drug-likeness (QED) is 0.798. The van der Waals surface area contributed by atoms with Gasteiger partial charge in [-0.05, 0) is 6.42 Å². The summed E-state index contributed by atoms with van der Waals surface area (Å²) in [5.74, 6) is 0.288. The van der Waals surface area contributed by atoms with Crippen molar-refractivity contribution >= 4 is 34.8 Å². The summed E-state index contributed by atoms with van der Waals surface area (Å²) in [4.78, 5) is 11.7. The number of nitrogens with one attached hydrogen (secondary N) is 2. The van der Waals surface area contributed by atoms with Gasteiger partial charge >= 0.3 is 0 Å². The summed E-state index contributed by atoms with van der Waals surface area (Å²) in [6.45, 7) is 1.97. The van der Waals surface area contributed by atoms with E-state index in [0.717, 1.165) is 19.5 Å². The van der Waals surface area contributed by atoms with Crippen LogP contribution >= 0.6 is 23.7 Å². The van der Waals surface area contributed by atoms with E-state index in [-0.39, 0.29) is 29.6 Å². The number of aromatic nitrogens is 2. The van der Waals surface area contributed by atoms with Crippen molar-refractivity contribution in [2.75, 3.05) is 18.4 Å². The van der Waals surface area contributed by atoms with Crippen molar-refractivity contribution in [3.8, 4) is 0 Å². The molecule has 2 fully saturated rings. The Bertz CT molecular complexity index is 365. The third kappa shape index (κ3) is 1.73. The Kier molecular flexibility index (Phi) is 2.66. The highest BCUT2D eigenvalue weighted by Gasteiger charge is 2.61. The molecule has 0 aromatic carbocycles. The van der Waals surface area contributed by atoms with Crippen molar-refractivity contribution in [3.05, 3.63) is 5.51 Å². The summed E-state index contributed by atoms with van der Waals surface area (Å²) >= 11 is 1.35. The molecule has 1 spiro atoms. The Morgan fingerprint density at radius 2 is 2.47 bits per heavy atom. The minimum Gasteiger partial charge on any atom is -0.315 e. The lowest BCUT2D eigenvalue weighted by atomic mass is 9.96. The van der Waals surface area contributed by atoms with E-state index in [4.69, 9.17) is 0 Å². The first kappa shape index (κ1) is 10.8. The standard InChI is InChI=1S/C8H10N4OS.ClH/c13-6(11-7-12-10-4-14-7)5-1-8(5)2-9-3-8;/h4-5,9H,1-3H2,(H,11,12,13);1H. The summed E-state index contributed by atoms with van der Waals surface area (Å²) in [5.41, 5.74) is 1.90. The fourth-order valence-corrected chi connectivity index (χ4v) is 2.42. The van der Waals surface area contributed by atoms with Crippen LogP contribution in [0.5, 0.6) is 0 Å². The van der Waals surface area contributed by atoms with Crippen LogP contribution in [0.1, 0.15) is 6.42 Å². The average Bonchev–Trinajstić information content (AvgIpc) is 2.71. The molecule has 2 aliphatic rings. The third-order valence-corrected chi connectivity index (χ3v) is 3.66. The van der Waals surface area contributed by atoms with Gasteiger partial charge in [-0.1, -0.05) is 11.3 Å². The minimum absolute atomic E-state index is 0. The molecule has 5 nitrogen and oxygen atoms in total. The molecular weight excluding hydrogens is 236 g/mol. The smallest absolute Gasteiger partial charge is 0.229 e. The topological polar surface area (TPSA) is 66.9 Å². The molecule has 1 aromatic heterocycles. The van der Waals surface area contributed by atoms with E-state index < -0.39 is 0 Å². The van der Waals surface area contributed by atoms with Gasteiger partial charge in [-0.3, -0.25) is 4.79 Å². The first-order valence-electron chi connectivity index (χ1n) is 4.58. The molecule has 2 heterocycles. The maximum atomic E-state index is 11.7. The van der Waals surface area contributed by atoms with Crippen LogP contribution in [0.15, 0.2) is 5.51 Å². The molecule has 1 saturated heterocycles. The number of nitrogens with zero attached hydrogens (tertiary/aromatic N) is 2. The van der Waals surface area contributed by atoms with Gasteiger partial charge in [-0.15, -0.1) is 22.6 Å². The molecule has 1 aromatic rings. The zero-order valence-corrected chi connectivity index (χ0v) is 9.53. The Labute approximate surface area is 97.1 Å². The van der Waals surface area contributed by atoms with Crippen molar-refractivity contribution in [2.45, 2.75) is 6.42 Å². The van der Waals surface area contributed by atoms with E-state index in [1.165, 1.54) is 11.3 Å². The molecule has 1 aliphatic carbocycles. The number of carbonyl (C=O) groups is 1. The predicted octanol–water partition coefficient (Wildman–Crippen LogP) is 0.508. The van der Waals surface area contributed by atoms with Crippen molar-refractivity contribution in [1.82, 2.24) is 15.5 Å². The third-order valence-electron chi connectivity index (χ3n) is 3.05. The lowest BCUT2D eigenvalue weighted by molar-refractivity contribution is -0.118. The van der Waals surface area contributed by atoms with E-state index in [0.29, 0.717) is 5.13 Å². The summed E-state index contributed by atoms with van der Waals surface area (Å²) in [6, 6.07) is 0. The fraction of sp³-hybridized carbons (Fsp3) is 0.625. The van der Waals surface area contributed by atoms with Crippen molar-refractivity contribution < 1.29 is 4.79 Å². The van der Waals surface area contributed by atoms with Gasteiger partial charge in [0.2, 0.25) is 11.0 Å². The molecule has 1 amide bonds. The fourth-order valence-electron chi connectivity index (χ4n) is 1.98. The van der Waals surface area contributed by atoms with E-state index in [2.05, 4.69) is 20.8 Å². The van der Waals surface area contributed by atoms with Crippen LogP contribution in [0.2, 0.25) is 0 Å². The molecule has 7 heteroatoms. The lowest BCUT2D eigenvalue weighted by Gasteiger charge is -2.27. The summed E-state index contributed by atoms with van der Waals surface area (Å²) in [5, 5.41) is 14.0. The Hall–Kier alpha value is -0.720. The molecule has 0 bridgehead atoms. The van der Waals surface area contributed by atoms with Crippen LogP contribution in [-0.4, -0.2) is 29.2 Å². The molecule has 1 unspecified atom stereocenters. The first-order chi connectivity index (χ1) is 6.80. The second-order valence-electron chi connectivity index (χ2n) is 3.96. The van der Waals surface area contributed by atoms with E-state index in [1.807, 2.05) is 0 Å². The van der Waals surface area contributed by atoms with Gasteiger partial charge in [0, 0.05) is 24.4 Å². The lowest BCUT2D eigenvalue weighted by Crippen LogP contribution is -2.46. The number of rotatable bonds is 2. The Balaban J connectivity index is 0.000000853. The number of hydrogen-bond acceptors (Lipinski definition) is 5. The average molecular weight is 247 g/mol. The summed E-state index contributed by atoms with van der Waals surface area (Å²) in [6.07, 6.45) is 1.02. The summed E-state index contributed by atoms with van der Waals surface area (Å²) in [7, 11) is 0. The van der Waals surface area contributed by atoms with Gasteiger partial charge in [0.1, 0.15) is 5.51 Å². The maximum absolute atomic E-state index is 11.7. The highest BCUT2D eigenvalue weighted by Crippen LogP contribution is 2.55. The van der Waals surface area contributed by atoms with Gasteiger partial charge in [-0.2, -0.15) is 0 Å². The van der Waals surface area contributed by atoms with Crippen molar-refractivity contribution in [2.24, 2.45) is 11.3 Å². The van der Waals surface area contributed by atoms with E-state index in [9.17, 15) is 4.79 Å². The van der Waals surface area contributed by atoms with Crippen LogP contribution in [0.25, 0.3) is 0 Å². The van der Waals surface area contributed by atoms with Crippen molar-refractivity contribution in [1.29, 1.82) is 0 Å². The van der Waals surface area contributed by atoms with Gasteiger partial charge in [0.15, 0.2) is 0 Å². The molecule has 2 N–H and O–H groups in total. The molecular formula is C8H11ClN4OS. The minimum atomic E-state index is 0. The Morgan fingerprint density at radius 1 is 1.67 bits per heavy atom. The van der Waals surface area contributed by atoms with Crippen LogP contribution in [0.3, 0.4) is 0 Å². The number of anilines is 1. The molecule has 0 radical (unpaired) electrons. The van der Waals surface area contributed by atoms with Crippen LogP contribution < -0.4 is 10.6 Å². The molecule has 82 valence electrons. The first-order valence-corrected chi connectivity index (χ1v) is 5.46. The molecule has 3 rings (SSSR count). The molecule has 15 heavy (non-hydrogen) atoms. The van der Waals surface area contributed by atoms with E-state index in [1.54, 1.807) is 5.51 Å². The van der Waals surface area contributed by atoms with Gasteiger partial charge in [0.25, 0.3) is 0 Å². The SMILES string of the molecule is Cl.O=C(Nc1nncs1)C1CC12CNC2. The number of amides is 1. The second kappa shape index (κ2) is 3.70. The zero-order chi connectivity index (χ0) is 9.60. The Morgan fingerprint density at radius 3 is 2.93 bits per heavy atom.